The van der Waals surface area contributed by atoms with Crippen LogP contribution in [0.1, 0.15) is 27.0 Å². The molecule has 2 aromatic carbocycles. The molecule has 0 unspecified atom stereocenters. The lowest BCUT2D eigenvalue weighted by molar-refractivity contribution is -0.119. The highest BCUT2D eigenvalue weighted by Gasteiger charge is 2.17. The van der Waals surface area contributed by atoms with Crippen LogP contribution in [-0.4, -0.2) is 26.9 Å². The number of anilines is 1. The molecule has 0 atom stereocenters. The van der Waals surface area contributed by atoms with Gasteiger partial charge in [0.05, 0.1) is 10.5 Å². The second-order valence-corrected chi connectivity index (χ2v) is 7.50. The van der Waals surface area contributed by atoms with E-state index in [9.17, 15) is 18.0 Å². The maximum absolute atomic E-state index is 12.1. The number of amides is 1. The maximum atomic E-state index is 12.1. The van der Waals surface area contributed by atoms with E-state index < -0.39 is 28.5 Å². The Bertz CT molecular complexity index is 968. The van der Waals surface area contributed by atoms with Crippen molar-refractivity contribution in [1.29, 1.82) is 0 Å². The third-order valence-electron chi connectivity index (χ3n) is 3.72. The molecule has 0 bridgehead atoms. The Balaban J connectivity index is 2.03. The summed E-state index contributed by atoms with van der Waals surface area (Å²) in [4.78, 5) is 23.9. The SMILES string of the molecule is Cc1ccc(NC(=O)COC(=O)c2ccc(C)c(S(N)(=O)=O)c2)c(C)c1. The van der Waals surface area contributed by atoms with Gasteiger partial charge in [0.1, 0.15) is 0 Å². The van der Waals surface area contributed by atoms with Gasteiger partial charge in [0, 0.05) is 5.69 Å². The molecule has 0 radical (unpaired) electrons. The summed E-state index contributed by atoms with van der Waals surface area (Å²) in [5, 5.41) is 7.77. The van der Waals surface area contributed by atoms with E-state index in [-0.39, 0.29) is 10.5 Å². The van der Waals surface area contributed by atoms with Crippen LogP contribution in [0, 0.1) is 20.8 Å². The number of rotatable bonds is 5. The first-order valence-corrected chi connectivity index (χ1v) is 9.30. The molecule has 7 nitrogen and oxygen atoms in total. The smallest absolute Gasteiger partial charge is 0.338 e. The van der Waals surface area contributed by atoms with Crippen LogP contribution in [0.15, 0.2) is 41.3 Å². The Labute approximate surface area is 152 Å². The number of carbonyl (C=O) groups is 2. The van der Waals surface area contributed by atoms with Gasteiger partial charge in [-0.1, -0.05) is 23.8 Å². The third kappa shape index (κ3) is 4.90. The molecular weight excluding hydrogens is 356 g/mol. The maximum Gasteiger partial charge on any atom is 0.338 e. The summed E-state index contributed by atoms with van der Waals surface area (Å²) < 4.78 is 28.0. The molecule has 0 aromatic heterocycles. The molecule has 1 amide bonds. The highest BCUT2D eigenvalue weighted by molar-refractivity contribution is 7.89. The zero-order valence-electron chi connectivity index (χ0n) is 14.7. The summed E-state index contributed by atoms with van der Waals surface area (Å²) in [6.45, 7) is 4.87. The summed E-state index contributed by atoms with van der Waals surface area (Å²) in [5.41, 5.74) is 3.00. The van der Waals surface area contributed by atoms with Crippen molar-refractivity contribution in [3.05, 3.63) is 58.7 Å². The molecule has 26 heavy (non-hydrogen) atoms. The van der Waals surface area contributed by atoms with E-state index in [0.717, 1.165) is 17.2 Å². The van der Waals surface area contributed by atoms with Gasteiger partial charge in [-0.05, 0) is 50.1 Å². The number of carbonyl (C=O) groups excluding carboxylic acids is 2. The summed E-state index contributed by atoms with van der Waals surface area (Å²) in [6, 6.07) is 9.54. The second kappa shape index (κ2) is 7.67. The van der Waals surface area contributed by atoms with Crippen LogP contribution in [0.4, 0.5) is 5.69 Å². The van der Waals surface area contributed by atoms with Crippen molar-refractivity contribution in [2.75, 3.05) is 11.9 Å². The van der Waals surface area contributed by atoms with Crippen LogP contribution in [0.2, 0.25) is 0 Å². The standard InChI is InChI=1S/C18H20N2O5S/c1-11-4-7-15(13(3)8-11)20-17(21)10-25-18(22)14-6-5-12(2)16(9-14)26(19,23)24/h4-9H,10H2,1-3H3,(H,20,21)(H2,19,23,24). The molecule has 0 heterocycles. The van der Waals surface area contributed by atoms with Crippen molar-refractivity contribution >= 4 is 27.6 Å². The normalized spacial score (nSPS) is 11.1. The number of sulfonamides is 1. The molecule has 138 valence electrons. The lowest BCUT2D eigenvalue weighted by atomic mass is 10.1. The molecule has 0 fully saturated rings. The fourth-order valence-electron chi connectivity index (χ4n) is 2.39. The van der Waals surface area contributed by atoms with Crippen LogP contribution in [0.3, 0.4) is 0 Å². The number of hydrogen-bond donors (Lipinski definition) is 2. The van der Waals surface area contributed by atoms with E-state index in [1.54, 1.807) is 13.0 Å². The van der Waals surface area contributed by atoms with Crippen LogP contribution in [0.5, 0.6) is 0 Å². The van der Waals surface area contributed by atoms with E-state index >= 15 is 0 Å². The fraction of sp³-hybridized carbons (Fsp3) is 0.222. The fourth-order valence-corrected chi connectivity index (χ4v) is 3.20. The number of esters is 1. The molecule has 0 saturated carbocycles. The largest absolute Gasteiger partial charge is 0.452 e. The molecule has 0 aliphatic heterocycles. The number of hydrogen-bond acceptors (Lipinski definition) is 5. The number of primary sulfonamides is 1. The van der Waals surface area contributed by atoms with Gasteiger partial charge in [-0.3, -0.25) is 4.79 Å². The molecule has 0 saturated heterocycles. The molecule has 2 aromatic rings. The van der Waals surface area contributed by atoms with Gasteiger partial charge in [0.25, 0.3) is 5.91 Å². The summed E-state index contributed by atoms with van der Waals surface area (Å²) in [7, 11) is -3.96. The van der Waals surface area contributed by atoms with Crippen molar-refractivity contribution in [1.82, 2.24) is 0 Å². The van der Waals surface area contributed by atoms with E-state index in [0.29, 0.717) is 11.3 Å². The molecule has 2 rings (SSSR count). The van der Waals surface area contributed by atoms with E-state index in [4.69, 9.17) is 9.88 Å². The number of benzene rings is 2. The zero-order chi connectivity index (χ0) is 19.5. The quantitative estimate of drug-likeness (QED) is 0.775. The van der Waals surface area contributed by atoms with Crippen LogP contribution < -0.4 is 10.5 Å². The monoisotopic (exact) mass is 376 g/mol. The van der Waals surface area contributed by atoms with Crippen molar-refractivity contribution in [2.24, 2.45) is 5.14 Å². The second-order valence-electron chi connectivity index (χ2n) is 5.97. The highest BCUT2D eigenvalue weighted by atomic mass is 32.2. The van der Waals surface area contributed by atoms with Crippen molar-refractivity contribution in [3.8, 4) is 0 Å². The average molecular weight is 376 g/mol. The van der Waals surface area contributed by atoms with Crippen molar-refractivity contribution in [2.45, 2.75) is 25.7 Å². The lowest BCUT2D eigenvalue weighted by Gasteiger charge is -2.10. The van der Waals surface area contributed by atoms with Crippen molar-refractivity contribution < 1.29 is 22.7 Å². The number of aryl methyl sites for hydroxylation is 3. The van der Waals surface area contributed by atoms with Crippen molar-refractivity contribution in [3.63, 3.8) is 0 Å². The predicted octanol–water partition coefficient (Wildman–Crippen LogP) is 2.05. The highest BCUT2D eigenvalue weighted by Crippen LogP contribution is 2.17. The molecular formula is C18H20N2O5S. The van der Waals surface area contributed by atoms with E-state index in [1.165, 1.54) is 12.1 Å². The van der Waals surface area contributed by atoms with Gasteiger partial charge < -0.3 is 10.1 Å². The van der Waals surface area contributed by atoms with Gasteiger partial charge in [0.15, 0.2) is 6.61 Å². The first-order chi connectivity index (χ1) is 12.1. The predicted molar refractivity (Wildman–Crippen MR) is 97.4 cm³/mol. The molecule has 8 heteroatoms. The summed E-state index contributed by atoms with van der Waals surface area (Å²) in [5.74, 6) is -1.31. The molecule has 3 N–H and O–H groups in total. The minimum absolute atomic E-state index is 0.000980. The zero-order valence-corrected chi connectivity index (χ0v) is 15.5. The number of ether oxygens (including phenoxy) is 1. The number of nitrogens with one attached hydrogen (secondary N) is 1. The number of nitrogens with two attached hydrogens (primary N) is 1. The Morgan fingerprint density at radius 2 is 1.73 bits per heavy atom. The van der Waals surface area contributed by atoms with Gasteiger partial charge in [-0.25, -0.2) is 18.4 Å². The molecule has 0 aliphatic carbocycles. The van der Waals surface area contributed by atoms with Crippen LogP contribution >= 0.6 is 0 Å². The Hall–Kier alpha value is -2.71. The van der Waals surface area contributed by atoms with Crippen LogP contribution in [0.25, 0.3) is 0 Å². The van der Waals surface area contributed by atoms with Gasteiger partial charge in [-0.15, -0.1) is 0 Å². The van der Waals surface area contributed by atoms with E-state index in [2.05, 4.69) is 5.32 Å². The summed E-state index contributed by atoms with van der Waals surface area (Å²) >= 11 is 0. The lowest BCUT2D eigenvalue weighted by Crippen LogP contribution is -2.21. The van der Waals surface area contributed by atoms with Crippen LogP contribution in [-0.2, 0) is 19.6 Å². The van der Waals surface area contributed by atoms with Gasteiger partial charge in [0.2, 0.25) is 10.0 Å². The molecule has 0 spiro atoms. The Morgan fingerprint density at radius 3 is 2.35 bits per heavy atom. The molecule has 0 aliphatic rings. The Kier molecular flexibility index (Phi) is 5.79. The third-order valence-corrected chi connectivity index (χ3v) is 4.77. The summed E-state index contributed by atoms with van der Waals surface area (Å²) in [6.07, 6.45) is 0. The minimum atomic E-state index is -3.96. The van der Waals surface area contributed by atoms with Gasteiger partial charge in [-0.2, -0.15) is 0 Å². The average Bonchev–Trinajstić information content (AvgIpc) is 2.54. The minimum Gasteiger partial charge on any atom is -0.452 e. The first kappa shape index (κ1) is 19.6. The van der Waals surface area contributed by atoms with Gasteiger partial charge >= 0.3 is 5.97 Å². The van der Waals surface area contributed by atoms with E-state index in [1.807, 2.05) is 26.0 Å². The topological polar surface area (TPSA) is 116 Å². The Morgan fingerprint density at radius 1 is 1.04 bits per heavy atom. The first-order valence-electron chi connectivity index (χ1n) is 7.75.